The first kappa shape index (κ1) is 15.2. The van der Waals surface area contributed by atoms with Gasteiger partial charge in [0.25, 0.3) is 17.7 Å². The number of carbonyl (C=O) groups excluding carboxylic acids is 3. The number of nitrogens with zero attached hydrogens (tertiary/aromatic N) is 1. The number of amides is 3. The second-order valence-corrected chi connectivity index (χ2v) is 5.63. The quantitative estimate of drug-likeness (QED) is 0.853. The van der Waals surface area contributed by atoms with Gasteiger partial charge in [0.1, 0.15) is 0 Å². The number of ether oxygens (including phenoxy) is 2. The maximum Gasteiger partial charge on any atom is 0.261 e. The molecule has 3 amide bonds. The Morgan fingerprint density at radius 1 is 1.00 bits per heavy atom. The predicted octanol–water partition coefficient (Wildman–Crippen LogP) is 1.44. The molecule has 25 heavy (non-hydrogen) atoms. The van der Waals surface area contributed by atoms with Crippen molar-refractivity contribution in [2.45, 2.75) is 0 Å². The number of benzene rings is 2. The highest BCUT2D eigenvalue weighted by molar-refractivity contribution is 6.21. The van der Waals surface area contributed by atoms with Crippen molar-refractivity contribution < 1.29 is 23.9 Å². The van der Waals surface area contributed by atoms with Gasteiger partial charge in [-0.25, -0.2) is 0 Å². The third-order valence-electron chi connectivity index (χ3n) is 4.13. The van der Waals surface area contributed by atoms with Crippen molar-refractivity contribution in [3.8, 4) is 11.5 Å². The van der Waals surface area contributed by atoms with Crippen molar-refractivity contribution in [1.82, 2.24) is 10.2 Å². The summed E-state index contributed by atoms with van der Waals surface area (Å²) in [5.74, 6) is 0.140. The van der Waals surface area contributed by atoms with Gasteiger partial charge in [0, 0.05) is 18.7 Å². The van der Waals surface area contributed by atoms with Crippen LogP contribution in [0.2, 0.25) is 0 Å². The van der Waals surface area contributed by atoms with Crippen LogP contribution >= 0.6 is 0 Å². The van der Waals surface area contributed by atoms with Gasteiger partial charge in [-0.15, -0.1) is 0 Å². The molecule has 0 saturated heterocycles. The SMILES string of the molecule is O=C(NCCN1C(=O)c2ccccc2C1=O)c1ccc2c(c1)OCO2. The van der Waals surface area contributed by atoms with Crippen LogP contribution in [0.3, 0.4) is 0 Å². The standard InChI is InChI=1S/C18H14N2O5/c21-16(11-5-6-14-15(9-11)25-10-24-14)19-7-8-20-17(22)12-3-1-2-4-13(12)18(20)23/h1-6,9H,7-8,10H2,(H,19,21). The molecule has 0 bridgehead atoms. The lowest BCUT2D eigenvalue weighted by atomic mass is 10.1. The van der Waals surface area contributed by atoms with E-state index in [1.54, 1.807) is 42.5 Å². The molecular weight excluding hydrogens is 324 g/mol. The van der Waals surface area contributed by atoms with E-state index in [0.29, 0.717) is 28.2 Å². The van der Waals surface area contributed by atoms with Gasteiger partial charge in [-0.3, -0.25) is 19.3 Å². The van der Waals surface area contributed by atoms with Crippen molar-refractivity contribution in [2.75, 3.05) is 19.9 Å². The van der Waals surface area contributed by atoms with E-state index in [9.17, 15) is 14.4 Å². The maximum absolute atomic E-state index is 12.2. The molecule has 0 aromatic heterocycles. The lowest BCUT2D eigenvalue weighted by Gasteiger charge is -2.14. The minimum Gasteiger partial charge on any atom is -0.454 e. The molecule has 0 fully saturated rings. The van der Waals surface area contributed by atoms with Crippen LogP contribution < -0.4 is 14.8 Å². The molecule has 2 aliphatic heterocycles. The Labute approximate surface area is 143 Å². The van der Waals surface area contributed by atoms with Crippen molar-refractivity contribution in [1.29, 1.82) is 0 Å². The molecule has 126 valence electrons. The zero-order valence-electron chi connectivity index (χ0n) is 13.2. The monoisotopic (exact) mass is 338 g/mol. The average molecular weight is 338 g/mol. The van der Waals surface area contributed by atoms with E-state index in [-0.39, 0.29) is 37.6 Å². The van der Waals surface area contributed by atoms with Crippen LogP contribution in [0.25, 0.3) is 0 Å². The molecule has 0 unspecified atom stereocenters. The molecule has 0 saturated carbocycles. The molecule has 7 heteroatoms. The third kappa shape index (κ3) is 2.59. The van der Waals surface area contributed by atoms with E-state index in [1.807, 2.05) is 0 Å². The van der Waals surface area contributed by atoms with Crippen LogP contribution in [0.4, 0.5) is 0 Å². The predicted molar refractivity (Wildman–Crippen MR) is 86.7 cm³/mol. The highest BCUT2D eigenvalue weighted by atomic mass is 16.7. The summed E-state index contributed by atoms with van der Waals surface area (Å²) in [6.45, 7) is 0.418. The van der Waals surface area contributed by atoms with Gasteiger partial charge in [0.2, 0.25) is 6.79 Å². The molecule has 2 aromatic carbocycles. The largest absolute Gasteiger partial charge is 0.454 e. The van der Waals surface area contributed by atoms with E-state index >= 15 is 0 Å². The number of hydrogen-bond donors (Lipinski definition) is 1. The number of rotatable bonds is 4. The Balaban J connectivity index is 1.38. The Kier molecular flexibility index (Phi) is 3.61. The smallest absolute Gasteiger partial charge is 0.261 e. The normalized spacial score (nSPS) is 14.6. The summed E-state index contributed by atoms with van der Waals surface area (Å²) in [4.78, 5) is 37.8. The Hall–Kier alpha value is -3.35. The molecule has 7 nitrogen and oxygen atoms in total. The second kappa shape index (κ2) is 5.94. The fourth-order valence-corrected chi connectivity index (χ4v) is 2.86. The molecule has 4 rings (SSSR count). The second-order valence-electron chi connectivity index (χ2n) is 5.63. The Morgan fingerprint density at radius 3 is 2.40 bits per heavy atom. The van der Waals surface area contributed by atoms with Crippen LogP contribution in [-0.4, -0.2) is 42.5 Å². The van der Waals surface area contributed by atoms with Crippen LogP contribution in [0.15, 0.2) is 42.5 Å². The minimum absolute atomic E-state index is 0.114. The minimum atomic E-state index is -0.335. The van der Waals surface area contributed by atoms with Crippen molar-refractivity contribution in [3.05, 3.63) is 59.2 Å². The van der Waals surface area contributed by atoms with Crippen LogP contribution in [0.1, 0.15) is 31.1 Å². The first-order valence-corrected chi connectivity index (χ1v) is 7.78. The Morgan fingerprint density at radius 2 is 1.68 bits per heavy atom. The van der Waals surface area contributed by atoms with E-state index in [4.69, 9.17) is 9.47 Å². The van der Waals surface area contributed by atoms with Gasteiger partial charge in [0.15, 0.2) is 11.5 Å². The van der Waals surface area contributed by atoms with E-state index in [0.717, 1.165) is 4.90 Å². The first-order chi connectivity index (χ1) is 12.1. The molecule has 1 N–H and O–H groups in total. The van der Waals surface area contributed by atoms with E-state index in [2.05, 4.69) is 5.32 Å². The van der Waals surface area contributed by atoms with Gasteiger partial charge >= 0.3 is 0 Å². The summed E-state index contributed by atoms with van der Waals surface area (Å²) < 4.78 is 10.4. The van der Waals surface area contributed by atoms with E-state index < -0.39 is 0 Å². The summed E-state index contributed by atoms with van der Waals surface area (Å²) >= 11 is 0. The van der Waals surface area contributed by atoms with Crippen molar-refractivity contribution in [2.24, 2.45) is 0 Å². The summed E-state index contributed by atoms with van der Waals surface area (Å²) in [5.41, 5.74) is 1.22. The van der Waals surface area contributed by atoms with Crippen LogP contribution in [0, 0.1) is 0 Å². The highest BCUT2D eigenvalue weighted by Crippen LogP contribution is 2.32. The fourth-order valence-electron chi connectivity index (χ4n) is 2.86. The molecule has 2 aromatic rings. The highest BCUT2D eigenvalue weighted by Gasteiger charge is 2.34. The summed E-state index contributed by atoms with van der Waals surface area (Å²) in [6, 6.07) is 11.6. The number of hydrogen-bond acceptors (Lipinski definition) is 5. The number of nitrogens with one attached hydrogen (secondary N) is 1. The number of fused-ring (bicyclic) bond motifs is 2. The summed E-state index contributed by atoms with van der Waals surface area (Å²) in [5, 5.41) is 2.70. The molecule has 0 aliphatic carbocycles. The lowest BCUT2D eigenvalue weighted by Crippen LogP contribution is -2.38. The maximum atomic E-state index is 12.2. The number of carbonyl (C=O) groups is 3. The first-order valence-electron chi connectivity index (χ1n) is 7.78. The Bertz CT molecular complexity index is 858. The molecule has 0 atom stereocenters. The summed E-state index contributed by atoms with van der Waals surface area (Å²) in [6.07, 6.45) is 0. The van der Waals surface area contributed by atoms with Gasteiger partial charge in [-0.1, -0.05) is 12.1 Å². The zero-order chi connectivity index (χ0) is 17.4. The van der Waals surface area contributed by atoms with Gasteiger partial charge in [-0.2, -0.15) is 0 Å². The van der Waals surface area contributed by atoms with Crippen LogP contribution in [0.5, 0.6) is 11.5 Å². The van der Waals surface area contributed by atoms with Crippen LogP contribution in [-0.2, 0) is 0 Å². The molecule has 0 spiro atoms. The van der Waals surface area contributed by atoms with Gasteiger partial charge < -0.3 is 14.8 Å². The number of imide groups is 1. The fraction of sp³-hybridized carbons (Fsp3) is 0.167. The molecule has 2 aliphatic rings. The third-order valence-corrected chi connectivity index (χ3v) is 4.13. The van der Waals surface area contributed by atoms with Gasteiger partial charge in [-0.05, 0) is 30.3 Å². The summed E-state index contributed by atoms with van der Waals surface area (Å²) in [7, 11) is 0. The zero-order valence-corrected chi connectivity index (χ0v) is 13.2. The van der Waals surface area contributed by atoms with Gasteiger partial charge in [0.05, 0.1) is 11.1 Å². The molecule has 2 heterocycles. The molecular formula is C18H14N2O5. The average Bonchev–Trinajstić information content (AvgIpc) is 3.20. The topological polar surface area (TPSA) is 84.9 Å². The van der Waals surface area contributed by atoms with Crippen molar-refractivity contribution >= 4 is 17.7 Å². The van der Waals surface area contributed by atoms with E-state index in [1.165, 1.54) is 0 Å². The van der Waals surface area contributed by atoms with Crippen molar-refractivity contribution in [3.63, 3.8) is 0 Å². The molecule has 0 radical (unpaired) electrons. The lowest BCUT2D eigenvalue weighted by molar-refractivity contribution is 0.0650.